The van der Waals surface area contributed by atoms with Crippen molar-refractivity contribution in [2.24, 2.45) is 0 Å². The summed E-state index contributed by atoms with van der Waals surface area (Å²) in [6, 6.07) is 0. The first-order valence-corrected chi connectivity index (χ1v) is 4.40. The van der Waals surface area contributed by atoms with Gasteiger partial charge in [0.25, 0.3) is 0 Å². The van der Waals surface area contributed by atoms with E-state index in [4.69, 9.17) is 0 Å². The molecule has 56 valence electrons. The summed E-state index contributed by atoms with van der Waals surface area (Å²) in [5, 5.41) is 0. The topological polar surface area (TPSA) is 0 Å². The van der Waals surface area contributed by atoms with Gasteiger partial charge in [-0.05, 0) is 26.2 Å². The van der Waals surface area contributed by atoms with Gasteiger partial charge in [0.2, 0.25) is 0 Å². The summed E-state index contributed by atoms with van der Waals surface area (Å²) in [5.74, 6) is 0. The maximum atomic E-state index is 2.31. The first-order valence-electron chi connectivity index (χ1n) is 4.40. The minimum atomic E-state index is 0.792. The molecule has 0 saturated carbocycles. The second kappa shape index (κ2) is 3.27. The molecule has 0 spiro atoms. The van der Waals surface area contributed by atoms with Crippen LogP contribution < -0.4 is 0 Å². The van der Waals surface area contributed by atoms with E-state index in [0.29, 0.717) is 0 Å². The van der Waals surface area contributed by atoms with Crippen molar-refractivity contribution < 1.29 is 0 Å². The van der Waals surface area contributed by atoms with Crippen molar-refractivity contribution in [3.05, 3.63) is 11.0 Å². The van der Waals surface area contributed by atoms with Gasteiger partial charge in [-0.15, -0.1) is 5.47 Å². The van der Waals surface area contributed by atoms with Crippen LogP contribution in [0.1, 0.15) is 32.6 Å². The molecule has 0 bridgehead atoms. The van der Waals surface area contributed by atoms with E-state index in [1.807, 2.05) is 0 Å². The van der Waals surface area contributed by atoms with Crippen molar-refractivity contribution in [2.45, 2.75) is 46.3 Å². The van der Waals surface area contributed by atoms with E-state index >= 15 is 0 Å². The average Bonchev–Trinajstić information content (AvgIpc) is 1.88. The van der Waals surface area contributed by atoms with Crippen LogP contribution in [0, 0.1) is 0 Å². The highest BCUT2D eigenvalue weighted by Crippen LogP contribution is 2.25. The Balaban J connectivity index is 2.68. The lowest BCUT2D eigenvalue weighted by Gasteiger charge is -2.19. The standard InChI is InChI=1S/C9H17B/c1-8-6-4-5-7-9(8)10(2)3/h4-7H2,1-3H3. The highest BCUT2D eigenvalue weighted by Gasteiger charge is 2.13. The molecule has 0 nitrogen and oxygen atoms in total. The summed E-state index contributed by atoms with van der Waals surface area (Å²) in [6.07, 6.45) is 5.56. The Kier molecular flexibility index (Phi) is 2.59. The zero-order chi connectivity index (χ0) is 7.56. The van der Waals surface area contributed by atoms with Gasteiger partial charge in [0.15, 0.2) is 6.71 Å². The van der Waals surface area contributed by atoms with Crippen LogP contribution >= 0.6 is 0 Å². The Bertz CT molecular complexity index is 145. The molecule has 0 aliphatic heterocycles. The fourth-order valence-corrected chi connectivity index (χ4v) is 1.86. The summed E-state index contributed by atoms with van der Waals surface area (Å²) in [7, 11) is 0. The van der Waals surface area contributed by atoms with E-state index in [1.54, 1.807) is 11.0 Å². The van der Waals surface area contributed by atoms with Crippen LogP contribution in [0.5, 0.6) is 0 Å². The Morgan fingerprint density at radius 2 is 1.70 bits per heavy atom. The minimum absolute atomic E-state index is 0.792. The van der Waals surface area contributed by atoms with Gasteiger partial charge in [0.05, 0.1) is 0 Å². The molecule has 0 saturated heterocycles. The minimum Gasteiger partial charge on any atom is -0.103 e. The molecule has 10 heavy (non-hydrogen) atoms. The second-order valence-electron chi connectivity index (χ2n) is 3.67. The monoisotopic (exact) mass is 136 g/mol. The predicted molar refractivity (Wildman–Crippen MR) is 48.7 cm³/mol. The van der Waals surface area contributed by atoms with Crippen LogP contribution in [-0.4, -0.2) is 6.71 Å². The molecule has 0 atom stereocenters. The molecule has 0 amide bonds. The van der Waals surface area contributed by atoms with Gasteiger partial charge in [-0.3, -0.25) is 0 Å². The van der Waals surface area contributed by atoms with Gasteiger partial charge in [-0.25, -0.2) is 0 Å². The lowest BCUT2D eigenvalue weighted by atomic mass is 9.46. The van der Waals surface area contributed by atoms with Crippen molar-refractivity contribution in [1.29, 1.82) is 0 Å². The maximum Gasteiger partial charge on any atom is 0.164 e. The van der Waals surface area contributed by atoms with Crippen LogP contribution in [0.3, 0.4) is 0 Å². The number of rotatable bonds is 1. The molecule has 0 fully saturated rings. The van der Waals surface area contributed by atoms with Crippen LogP contribution in [0.15, 0.2) is 11.0 Å². The first kappa shape index (κ1) is 7.91. The summed E-state index contributed by atoms with van der Waals surface area (Å²) in [6.45, 7) is 7.71. The third-order valence-corrected chi connectivity index (χ3v) is 2.49. The molecule has 1 heteroatoms. The summed E-state index contributed by atoms with van der Waals surface area (Å²) < 4.78 is 0. The molecule has 0 aromatic rings. The van der Waals surface area contributed by atoms with Crippen molar-refractivity contribution in [3.8, 4) is 0 Å². The van der Waals surface area contributed by atoms with Gasteiger partial charge >= 0.3 is 0 Å². The largest absolute Gasteiger partial charge is 0.164 e. The van der Waals surface area contributed by atoms with Crippen molar-refractivity contribution in [2.75, 3.05) is 0 Å². The fourth-order valence-electron chi connectivity index (χ4n) is 1.86. The molecule has 0 unspecified atom stereocenters. The van der Waals surface area contributed by atoms with Crippen molar-refractivity contribution in [1.82, 2.24) is 0 Å². The lowest BCUT2D eigenvalue weighted by molar-refractivity contribution is 0.690. The maximum absolute atomic E-state index is 2.31. The Morgan fingerprint density at radius 3 is 2.10 bits per heavy atom. The average molecular weight is 136 g/mol. The van der Waals surface area contributed by atoms with Gasteiger partial charge < -0.3 is 0 Å². The Labute approximate surface area is 64.8 Å². The van der Waals surface area contributed by atoms with E-state index in [2.05, 4.69) is 20.6 Å². The van der Waals surface area contributed by atoms with Crippen LogP contribution in [0.2, 0.25) is 13.6 Å². The third kappa shape index (κ3) is 1.65. The van der Waals surface area contributed by atoms with E-state index in [0.717, 1.165) is 6.71 Å². The molecule has 1 aliphatic rings. The lowest BCUT2D eigenvalue weighted by Crippen LogP contribution is -2.11. The predicted octanol–water partition coefficient (Wildman–Crippen LogP) is 3.17. The smallest absolute Gasteiger partial charge is 0.103 e. The molecule has 0 heterocycles. The normalized spacial score (nSPS) is 19.5. The summed E-state index contributed by atoms with van der Waals surface area (Å²) in [4.78, 5) is 0. The van der Waals surface area contributed by atoms with Gasteiger partial charge in [-0.2, -0.15) is 0 Å². The van der Waals surface area contributed by atoms with Gasteiger partial charge in [0, 0.05) is 0 Å². The molecule has 1 aliphatic carbocycles. The zero-order valence-corrected chi connectivity index (χ0v) is 7.41. The number of allylic oxidation sites excluding steroid dienone is 2. The number of hydrogen-bond donors (Lipinski definition) is 0. The zero-order valence-electron chi connectivity index (χ0n) is 7.41. The summed E-state index contributed by atoms with van der Waals surface area (Å²) in [5.41, 5.74) is 3.40. The molecule has 0 radical (unpaired) electrons. The van der Waals surface area contributed by atoms with E-state index in [9.17, 15) is 0 Å². The Hall–Kier alpha value is -0.195. The molecule has 1 rings (SSSR count). The van der Waals surface area contributed by atoms with Gasteiger partial charge in [0.1, 0.15) is 0 Å². The first-order chi connectivity index (χ1) is 4.72. The molecule has 0 aromatic carbocycles. The van der Waals surface area contributed by atoms with E-state index in [-0.39, 0.29) is 0 Å². The van der Waals surface area contributed by atoms with Crippen LogP contribution in [0.25, 0.3) is 0 Å². The van der Waals surface area contributed by atoms with E-state index in [1.165, 1.54) is 25.7 Å². The van der Waals surface area contributed by atoms with Gasteiger partial charge in [-0.1, -0.05) is 25.6 Å². The number of hydrogen-bond acceptors (Lipinski definition) is 0. The highest BCUT2D eigenvalue weighted by molar-refractivity contribution is 6.64. The second-order valence-corrected chi connectivity index (χ2v) is 3.67. The molecule has 0 N–H and O–H groups in total. The quantitative estimate of drug-likeness (QED) is 0.485. The molecular formula is C9H17B. The van der Waals surface area contributed by atoms with Crippen molar-refractivity contribution >= 4 is 6.71 Å². The molecule has 0 aromatic heterocycles. The summed E-state index contributed by atoms with van der Waals surface area (Å²) >= 11 is 0. The highest BCUT2D eigenvalue weighted by atomic mass is 14.1. The van der Waals surface area contributed by atoms with Crippen LogP contribution in [-0.2, 0) is 0 Å². The SMILES string of the molecule is CB(C)C1=C(C)CCCC1. The molecular weight excluding hydrogens is 119 g/mol. The Morgan fingerprint density at radius 1 is 1.10 bits per heavy atom. The van der Waals surface area contributed by atoms with Crippen molar-refractivity contribution in [3.63, 3.8) is 0 Å². The van der Waals surface area contributed by atoms with Crippen LogP contribution in [0.4, 0.5) is 0 Å². The van der Waals surface area contributed by atoms with E-state index < -0.39 is 0 Å². The third-order valence-electron chi connectivity index (χ3n) is 2.49. The fraction of sp³-hybridized carbons (Fsp3) is 0.778.